The van der Waals surface area contributed by atoms with Crippen molar-refractivity contribution in [1.82, 2.24) is 15.0 Å². The van der Waals surface area contributed by atoms with Gasteiger partial charge in [-0.3, -0.25) is 4.72 Å². The van der Waals surface area contributed by atoms with Crippen LogP contribution in [0.2, 0.25) is 0 Å². The summed E-state index contributed by atoms with van der Waals surface area (Å²) in [5, 5.41) is 12.5. The maximum Gasteiger partial charge on any atom is 0.242 e. The standard InChI is InChI=1S/C18H26FN5O3S2/c1-11(2)9-13(10-25)20-16-21-17(24-29(4,26)27)23-18(22-16)28-12(3)14-7-5-6-8-15(14)19/h5-8,11-13,25H,9-10H2,1-4H3,(H2,20,21,22,23,24)/t12-,13+/m0/s1. The Hall–Kier alpha value is -1.98. The van der Waals surface area contributed by atoms with Gasteiger partial charge in [-0.2, -0.15) is 15.0 Å². The summed E-state index contributed by atoms with van der Waals surface area (Å²) < 4.78 is 39.5. The van der Waals surface area contributed by atoms with Crippen LogP contribution in [0.15, 0.2) is 29.4 Å². The highest BCUT2D eigenvalue weighted by atomic mass is 32.2. The second-order valence-electron chi connectivity index (χ2n) is 7.07. The predicted octanol–water partition coefficient (Wildman–Crippen LogP) is 3.05. The van der Waals surface area contributed by atoms with Gasteiger partial charge in [0.15, 0.2) is 5.16 Å². The number of aromatic nitrogens is 3. The number of nitrogens with zero attached hydrogens (tertiary/aromatic N) is 3. The molecular weight excluding hydrogens is 417 g/mol. The second kappa shape index (κ2) is 10.2. The fourth-order valence-electron chi connectivity index (χ4n) is 2.64. The molecule has 0 spiro atoms. The number of halogens is 1. The van der Waals surface area contributed by atoms with Gasteiger partial charge in [0.25, 0.3) is 0 Å². The van der Waals surface area contributed by atoms with Crippen LogP contribution in [0.1, 0.15) is 38.0 Å². The minimum absolute atomic E-state index is 0.132. The summed E-state index contributed by atoms with van der Waals surface area (Å²) in [5.74, 6) is -0.0275. The third-order valence-electron chi connectivity index (χ3n) is 3.83. The average Bonchev–Trinajstić information content (AvgIpc) is 2.59. The van der Waals surface area contributed by atoms with E-state index in [1.807, 2.05) is 13.8 Å². The number of hydrogen-bond donors (Lipinski definition) is 3. The predicted molar refractivity (Wildman–Crippen MR) is 113 cm³/mol. The fraction of sp³-hybridized carbons (Fsp3) is 0.500. The molecule has 11 heteroatoms. The summed E-state index contributed by atoms with van der Waals surface area (Å²) in [5.41, 5.74) is 0.484. The zero-order chi connectivity index (χ0) is 21.6. The van der Waals surface area contributed by atoms with Gasteiger partial charge in [0, 0.05) is 10.8 Å². The van der Waals surface area contributed by atoms with E-state index in [9.17, 15) is 17.9 Å². The van der Waals surface area contributed by atoms with Crippen LogP contribution in [0, 0.1) is 11.7 Å². The molecule has 1 heterocycles. The largest absolute Gasteiger partial charge is 0.394 e. The van der Waals surface area contributed by atoms with E-state index in [1.54, 1.807) is 25.1 Å². The Labute approximate surface area is 174 Å². The van der Waals surface area contributed by atoms with E-state index in [-0.39, 0.29) is 40.8 Å². The summed E-state index contributed by atoms with van der Waals surface area (Å²) in [7, 11) is -3.60. The van der Waals surface area contributed by atoms with Gasteiger partial charge in [0.1, 0.15) is 5.82 Å². The van der Waals surface area contributed by atoms with Gasteiger partial charge in [-0.1, -0.05) is 43.8 Å². The minimum Gasteiger partial charge on any atom is -0.394 e. The summed E-state index contributed by atoms with van der Waals surface area (Å²) in [6.45, 7) is 5.71. The van der Waals surface area contributed by atoms with Gasteiger partial charge < -0.3 is 10.4 Å². The zero-order valence-corrected chi connectivity index (χ0v) is 18.4. The monoisotopic (exact) mass is 443 g/mol. The molecule has 2 rings (SSSR count). The van der Waals surface area contributed by atoms with Crippen molar-refractivity contribution >= 4 is 33.7 Å². The molecule has 1 aromatic carbocycles. The SMILES string of the molecule is CC(C)C[C@H](CO)Nc1nc(NS(C)(=O)=O)nc(S[C@@H](C)c2ccccc2F)n1. The maximum atomic E-state index is 14.1. The first-order valence-corrected chi connectivity index (χ1v) is 11.9. The Morgan fingerprint density at radius 2 is 1.79 bits per heavy atom. The first-order chi connectivity index (χ1) is 13.6. The van der Waals surface area contributed by atoms with Crippen LogP contribution in [0.5, 0.6) is 0 Å². The summed E-state index contributed by atoms with van der Waals surface area (Å²) >= 11 is 1.17. The molecule has 0 amide bonds. The first-order valence-electron chi connectivity index (χ1n) is 9.09. The van der Waals surface area contributed by atoms with Crippen molar-refractivity contribution in [3.05, 3.63) is 35.6 Å². The van der Waals surface area contributed by atoms with Gasteiger partial charge in [0.2, 0.25) is 21.9 Å². The molecule has 3 N–H and O–H groups in total. The fourth-order valence-corrected chi connectivity index (χ4v) is 3.98. The highest BCUT2D eigenvalue weighted by Gasteiger charge is 2.18. The quantitative estimate of drug-likeness (QED) is 0.480. The molecule has 8 nitrogen and oxygen atoms in total. The Morgan fingerprint density at radius 1 is 1.14 bits per heavy atom. The molecule has 0 fully saturated rings. The van der Waals surface area contributed by atoms with Crippen molar-refractivity contribution in [2.75, 3.05) is 22.9 Å². The number of anilines is 2. The number of nitrogens with one attached hydrogen (secondary N) is 2. The van der Waals surface area contributed by atoms with Gasteiger partial charge in [-0.05, 0) is 25.3 Å². The summed E-state index contributed by atoms with van der Waals surface area (Å²) in [6, 6.07) is 6.10. The lowest BCUT2D eigenvalue weighted by molar-refractivity contribution is 0.259. The highest BCUT2D eigenvalue weighted by molar-refractivity contribution is 7.99. The molecule has 0 radical (unpaired) electrons. The molecule has 0 aliphatic heterocycles. The van der Waals surface area contributed by atoms with Crippen LogP contribution in [0.4, 0.5) is 16.3 Å². The highest BCUT2D eigenvalue weighted by Crippen LogP contribution is 2.34. The van der Waals surface area contributed by atoms with Crippen molar-refractivity contribution < 1.29 is 17.9 Å². The van der Waals surface area contributed by atoms with Crippen molar-refractivity contribution in [2.45, 2.75) is 43.6 Å². The Kier molecular flexibility index (Phi) is 8.17. The van der Waals surface area contributed by atoms with Crippen LogP contribution >= 0.6 is 11.8 Å². The molecule has 0 aliphatic carbocycles. The number of aliphatic hydroxyl groups excluding tert-OH is 1. The third-order valence-corrected chi connectivity index (χ3v) is 5.38. The molecule has 0 bridgehead atoms. The van der Waals surface area contributed by atoms with Crippen LogP contribution in [-0.4, -0.2) is 47.4 Å². The molecular formula is C18H26FN5O3S2. The van der Waals surface area contributed by atoms with Crippen LogP contribution < -0.4 is 10.0 Å². The topological polar surface area (TPSA) is 117 Å². The molecule has 1 aromatic heterocycles. The van der Waals surface area contributed by atoms with E-state index in [4.69, 9.17) is 0 Å². The van der Waals surface area contributed by atoms with Gasteiger partial charge >= 0.3 is 0 Å². The van der Waals surface area contributed by atoms with Gasteiger partial charge in [-0.15, -0.1) is 0 Å². The smallest absolute Gasteiger partial charge is 0.242 e. The number of rotatable bonds is 10. The number of aliphatic hydroxyl groups is 1. The molecule has 0 unspecified atom stereocenters. The van der Waals surface area contributed by atoms with Crippen LogP contribution in [0.25, 0.3) is 0 Å². The molecule has 160 valence electrons. The Morgan fingerprint density at radius 3 is 2.38 bits per heavy atom. The van der Waals surface area contributed by atoms with Crippen LogP contribution in [0.3, 0.4) is 0 Å². The minimum atomic E-state index is -3.60. The summed E-state index contributed by atoms with van der Waals surface area (Å²) in [4.78, 5) is 12.5. The van der Waals surface area contributed by atoms with E-state index in [0.29, 0.717) is 17.9 Å². The Bertz CT molecular complexity index is 927. The molecule has 0 saturated heterocycles. The molecule has 2 aromatic rings. The molecule has 0 saturated carbocycles. The number of sulfonamides is 1. The van der Waals surface area contributed by atoms with Crippen molar-refractivity contribution in [3.8, 4) is 0 Å². The molecule has 29 heavy (non-hydrogen) atoms. The first kappa shape index (κ1) is 23.3. The second-order valence-corrected chi connectivity index (χ2v) is 10.1. The zero-order valence-electron chi connectivity index (χ0n) is 16.8. The third kappa shape index (κ3) is 7.75. The van der Waals surface area contributed by atoms with E-state index in [0.717, 1.165) is 6.26 Å². The average molecular weight is 444 g/mol. The van der Waals surface area contributed by atoms with E-state index >= 15 is 0 Å². The van der Waals surface area contributed by atoms with Crippen LogP contribution in [-0.2, 0) is 10.0 Å². The lowest BCUT2D eigenvalue weighted by atomic mass is 10.0. The van der Waals surface area contributed by atoms with E-state index < -0.39 is 10.0 Å². The van der Waals surface area contributed by atoms with Crippen molar-refractivity contribution in [2.24, 2.45) is 5.92 Å². The normalized spacial score (nSPS) is 13.9. The van der Waals surface area contributed by atoms with Crippen molar-refractivity contribution in [3.63, 3.8) is 0 Å². The number of benzene rings is 1. The van der Waals surface area contributed by atoms with Gasteiger partial charge in [0.05, 0.1) is 18.9 Å². The van der Waals surface area contributed by atoms with E-state index in [2.05, 4.69) is 25.0 Å². The molecule has 2 atom stereocenters. The number of hydrogen-bond acceptors (Lipinski definition) is 8. The lowest BCUT2D eigenvalue weighted by Gasteiger charge is -2.19. The lowest BCUT2D eigenvalue weighted by Crippen LogP contribution is -2.27. The number of thioether (sulfide) groups is 1. The Balaban J connectivity index is 2.32. The molecule has 0 aliphatic rings. The van der Waals surface area contributed by atoms with E-state index in [1.165, 1.54) is 17.8 Å². The van der Waals surface area contributed by atoms with Crippen molar-refractivity contribution in [1.29, 1.82) is 0 Å². The summed E-state index contributed by atoms with van der Waals surface area (Å²) in [6.07, 6.45) is 1.67. The maximum absolute atomic E-state index is 14.1. The van der Waals surface area contributed by atoms with Gasteiger partial charge in [-0.25, -0.2) is 12.8 Å².